The Hall–Kier alpha value is -2.73. The number of hydrogen-bond acceptors (Lipinski definition) is 6. The number of anilines is 1. The van der Waals surface area contributed by atoms with Crippen LogP contribution >= 0.6 is 34.4 Å². The predicted octanol–water partition coefficient (Wildman–Crippen LogP) is 1.56. The molecule has 0 atom stereocenters. The lowest BCUT2D eigenvalue weighted by atomic mass is 10.3. The Kier molecular flexibility index (Phi) is 7.80. The minimum absolute atomic E-state index is 0. The van der Waals surface area contributed by atoms with E-state index in [0.29, 0.717) is 15.8 Å². The van der Waals surface area contributed by atoms with Crippen LogP contribution in [-0.4, -0.2) is 18.0 Å². The van der Waals surface area contributed by atoms with Crippen LogP contribution in [0.2, 0.25) is 0 Å². The van der Waals surface area contributed by atoms with E-state index < -0.39 is 6.36 Å². The van der Waals surface area contributed by atoms with Gasteiger partial charge in [-0.15, -0.1) is 24.5 Å². The number of allylic oxidation sites excluding steroid dienone is 1. The summed E-state index contributed by atoms with van der Waals surface area (Å²) >= 11 is 4.39. The Morgan fingerprint density at radius 3 is 2.57 bits per heavy atom. The molecule has 37 heavy (non-hydrogen) atoms. The highest BCUT2D eigenvalue weighted by atomic mass is 35.5. The molecule has 5 rings (SSSR count). The second kappa shape index (κ2) is 10.6. The molecule has 3 heterocycles. The normalized spacial score (nSPS) is 15.5. The summed E-state index contributed by atoms with van der Waals surface area (Å²) in [5, 5.41) is 1.84. The number of fused-ring (bicyclic) bond motifs is 2. The molecular formula is C25H21ClF3N3O2S3. The number of para-hydroxylation sites is 1. The summed E-state index contributed by atoms with van der Waals surface area (Å²) in [6, 6.07) is 12.4. The van der Waals surface area contributed by atoms with Crippen molar-refractivity contribution in [3.63, 3.8) is 0 Å². The maximum atomic E-state index is 13.1. The van der Waals surface area contributed by atoms with E-state index in [2.05, 4.69) is 21.8 Å². The zero-order valence-corrected chi connectivity index (χ0v) is 23.1. The van der Waals surface area contributed by atoms with Gasteiger partial charge in [0, 0.05) is 30.6 Å². The van der Waals surface area contributed by atoms with Gasteiger partial charge in [0.05, 0.1) is 21.3 Å². The largest absolute Gasteiger partial charge is 1.00 e. The molecule has 194 valence electrons. The topological polar surface area (TPSA) is 38.4 Å². The molecule has 4 aromatic rings. The molecule has 0 amide bonds. The van der Waals surface area contributed by atoms with Gasteiger partial charge in [0.2, 0.25) is 5.52 Å². The van der Waals surface area contributed by atoms with Gasteiger partial charge in [-0.25, -0.2) is 0 Å². The number of aryl methyl sites for hydroxylation is 1. The molecule has 2 aromatic heterocycles. The van der Waals surface area contributed by atoms with Crippen molar-refractivity contribution >= 4 is 62.5 Å². The van der Waals surface area contributed by atoms with Gasteiger partial charge < -0.3 is 22.0 Å². The minimum atomic E-state index is -4.74. The lowest BCUT2D eigenvalue weighted by Crippen LogP contribution is -3.00. The summed E-state index contributed by atoms with van der Waals surface area (Å²) in [6.45, 7) is 2.42. The predicted molar refractivity (Wildman–Crippen MR) is 140 cm³/mol. The molecule has 0 radical (unpaired) electrons. The molecule has 0 unspecified atom stereocenters. The number of alkyl halides is 3. The highest BCUT2D eigenvalue weighted by Crippen LogP contribution is 2.44. The molecule has 0 bridgehead atoms. The summed E-state index contributed by atoms with van der Waals surface area (Å²) in [4.78, 5) is 16.4. The van der Waals surface area contributed by atoms with Gasteiger partial charge in [-0.05, 0) is 37.3 Å². The average Bonchev–Trinajstić information content (AvgIpc) is 3.42. The number of aromatic nitrogens is 2. The van der Waals surface area contributed by atoms with E-state index in [1.807, 2.05) is 55.9 Å². The number of thiazole rings is 2. The molecule has 0 saturated carbocycles. The Labute approximate surface area is 228 Å². The van der Waals surface area contributed by atoms with Gasteiger partial charge in [-0.3, -0.25) is 9.36 Å². The number of rotatable bonds is 4. The van der Waals surface area contributed by atoms with Crippen LogP contribution in [0.15, 0.2) is 63.3 Å². The first-order valence-corrected chi connectivity index (χ1v) is 13.4. The highest BCUT2D eigenvalue weighted by Gasteiger charge is 2.31. The minimum Gasteiger partial charge on any atom is -1.00 e. The second-order valence-corrected chi connectivity index (χ2v) is 11.2. The molecule has 2 aromatic carbocycles. The smallest absolute Gasteiger partial charge is 0.573 e. The van der Waals surface area contributed by atoms with Gasteiger partial charge in [0.1, 0.15) is 22.2 Å². The third-order valence-corrected chi connectivity index (χ3v) is 9.13. The fourth-order valence-corrected chi connectivity index (χ4v) is 7.25. The maximum Gasteiger partial charge on any atom is 0.573 e. The molecule has 1 aliphatic rings. The van der Waals surface area contributed by atoms with Gasteiger partial charge in [-0.1, -0.05) is 35.2 Å². The number of benzene rings is 2. The van der Waals surface area contributed by atoms with Crippen LogP contribution in [0.1, 0.15) is 11.9 Å². The molecule has 0 spiro atoms. The van der Waals surface area contributed by atoms with Crippen LogP contribution in [0.25, 0.3) is 22.4 Å². The molecule has 1 aliphatic heterocycles. The SMILES string of the molecule is CCn1c(=O)/c(=C/C=C2\Sc3ccccc3N2C)s/c1=C\c1sc2cc(OC(F)(F)F)ccc2[n+]1C.[Cl-]. The second-order valence-electron chi connectivity index (χ2n) is 7.98. The van der Waals surface area contributed by atoms with Crippen LogP contribution in [0, 0.1) is 0 Å². The fraction of sp³-hybridized carbons (Fsp3) is 0.200. The summed E-state index contributed by atoms with van der Waals surface area (Å²) in [7, 11) is 3.85. The Bertz CT molecular complexity index is 1690. The van der Waals surface area contributed by atoms with E-state index in [0.717, 1.165) is 25.9 Å². The van der Waals surface area contributed by atoms with E-state index >= 15 is 0 Å². The van der Waals surface area contributed by atoms with Crippen molar-refractivity contribution in [1.82, 2.24) is 4.57 Å². The third-order valence-electron chi connectivity index (χ3n) is 5.72. The van der Waals surface area contributed by atoms with Crippen LogP contribution < -0.4 is 41.4 Å². The summed E-state index contributed by atoms with van der Waals surface area (Å²) in [6.07, 6.45) is 0.977. The first-order valence-electron chi connectivity index (χ1n) is 11.0. The summed E-state index contributed by atoms with van der Waals surface area (Å²) in [5.41, 5.74) is 1.84. The first-order chi connectivity index (χ1) is 17.1. The molecular weight excluding hydrogens is 563 g/mol. The Balaban J connectivity index is 0.00000320. The van der Waals surface area contributed by atoms with Gasteiger partial charge >= 0.3 is 6.36 Å². The van der Waals surface area contributed by atoms with Crippen molar-refractivity contribution < 1.29 is 34.9 Å². The lowest BCUT2D eigenvalue weighted by molar-refractivity contribution is -0.642. The number of thioether (sulfide) groups is 1. The zero-order chi connectivity index (χ0) is 25.6. The number of nitrogens with zero attached hydrogens (tertiary/aromatic N) is 3. The van der Waals surface area contributed by atoms with Crippen molar-refractivity contribution in [2.24, 2.45) is 7.05 Å². The van der Waals surface area contributed by atoms with Gasteiger partial charge in [-0.2, -0.15) is 4.57 Å². The zero-order valence-electron chi connectivity index (χ0n) is 19.9. The molecule has 5 nitrogen and oxygen atoms in total. The Morgan fingerprint density at radius 1 is 1.11 bits per heavy atom. The Morgan fingerprint density at radius 2 is 1.86 bits per heavy atom. The van der Waals surface area contributed by atoms with E-state index in [4.69, 9.17) is 0 Å². The molecule has 0 aliphatic carbocycles. The summed E-state index contributed by atoms with van der Waals surface area (Å²) in [5.74, 6) is -0.258. The average molecular weight is 584 g/mol. The molecule has 0 saturated heterocycles. The monoisotopic (exact) mass is 583 g/mol. The first kappa shape index (κ1) is 27.3. The van der Waals surface area contributed by atoms with E-state index in [1.54, 1.807) is 22.4 Å². The molecule has 12 heteroatoms. The van der Waals surface area contributed by atoms with Crippen LogP contribution in [-0.2, 0) is 13.6 Å². The lowest BCUT2D eigenvalue weighted by Gasteiger charge is -2.12. The molecule has 0 N–H and O–H groups in total. The van der Waals surface area contributed by atoms with Gasteiger partial charge in [0.15, 0.2) is 0 Å². The fourth-order valence-electron chi connectivity index (χ4n) is 3.95. The van der Waals surface area contributed by atoms with Gasteiger partial charge in [0.25, 0.3) is 10.6 Å². The van der Waals surface area contributed by atoms with E-state index in [-0.39, 0.29) is 23.7 Å². The van der Waals surface area contributed by atoms with E-state index in [1.165, 1.54) is 39.7 Å². The van der Waals surface area contributed by atoms with Crippen molar-refractivity contribution in [3.8, 4) is 5.75 Å². The standard InChI is InChI=1S/C25H21F3N3O2S3.ClH/c1-4-31-23(14-22-30(3)17-10-9-15(13-20(17)36-22)33-25(26,27)28)35-19(24(31)32)11-12-21-29(2)16-7-5-6-8-18(16)34-21;/h5-14H,4H2,1-3H3;1H/q+1;/p-1/b19-11-,21-12-;. The third kappa shape index (κ3) is 5.45. The molecule has 0 fully saturated rings. The quantitative estimate of drug-likeness (QED) is 0.342. The van der Waals surface area contributed by atoms with Crippen molar-refractivity contribution in [2.45, 2.75) is 24.7 Å². The van der Waals surface area contributed by atoms with Crippen molar-refractivity contribution in [1.29, 1.82) is 0 Å². The number of halogens is 4. The number of hydrogen-bond donors (Lipinski definition) is 0. The van der Waals surface area contributed by atoms with Crippen LogP contribution in [0.3, 0.4) is 0 Å². The number of ether oxygens (including phenoxy) is 1. The van der Waals surface area contributed by atoms with E-state index in [9.17, 15) is 18.0 Å². The summed E-state index contributed by atoms with van der Waals surface area (Å²) < 4.78 is 47.6. The van der Waals surface area contributed by atoms with Crippen LogP contribution in [0.4, 0.5) is 18.9 Å². The highest BCUT2D eigenvalue weighted by molar-refractivity contribution is 8.03. The van der Waals surface area contributed by atoms with Crippen molar-refractivity contribution in [2.75, 3.05) is 11.9 Å². The van der Waals surface area contributed by atoms with Crippen LogP contribution in [0.5, 0.6) is 5.75 Å². The maximum absolute atomic E-state index is 13.1. The van der Waals surface area contributed by atoms with Crippen molar-refractivity contribution in [3.05, 3.63) is 78.1 Å².